The predicted octanol–water partition coefficient (Wildman–Crippen LogP) is 0.695. The van der Waals surface area contributed by atoms with Crippen molar-refractivity contribution in [1.82, 2.24) is 25.9 Å². The Morgan fingerprint density at radius 1 is 0.702 bits per heavy atom. The molecule has 14 nitrogen and oxygen atoms in total. The summed E-state index contributed by atoms with van der Waals surface area (Å²) in [6.07, 6.45) is 4.65. The first-order valence-electron chi connectivity index (χ1n) is 15.5. The number of H-pyrrole nitrogens is 2. The van der Waals surface area contributed by atoms with Gasteiger partial charge in [-0.25, -0.2) is 4.79 Å². The van der Waals surface area contributed by atoms with Crippen molar-refractivity contribution in [3.8, 4) is 0 Å². The van der Waals surface area contributed by atoms with E-state index in [1.807, 2.05) is 48.5 Å². The van der Waals surface area contributed by atoms with Gasteiger partial charge in [0.1, 0.15) is 18.1 Å². The highest BCUT2D eigenvalue weighted by Crippen LogP contribution is 2.21. The summed E-state index contributed by atoms with van der Waals surface area (Å²) < 4.78 is 0. The van der Waals surface area contributed by atoms with Crippen molar-refractivity contribution in [2.24, 2.45) is 17.2 Å². The van der Waals surface area contributed by atoms with E-state index in [0.717, 1.165) is 32.9 Å². The van der Waals surface area contributed by atoms with E-state index in [-0.39, 0.29) is 32.1 Å². The smallest absolute Gasteiger partial charge is 0.326 e. The molecule has 2 aromatic heterocycles. The van der Waals surface area contributed by atoms with Gasteiger partial charge < -0.3 is 48.2 Å². The Bertz CT molecular complexity index is 1720. The van der Waals surface area contributed by atoms with Crippen molar-refractivity contribution >= 4 is 51.4 Å². The lowest BCUT2D eigenvalue weighted by molar-refractivity contribution is -0.142. The lowest BCUT2D eigenvalue weighted by atomic mass is 10.0. The zero-order chi connectivity index (χ0) is 33.9. The summed E-state index contributed by atoms with van der Waals surface area (Å²) in [6, 6.07) is 10.2. The number of carboxylic acid groups (broad SMARTS) is 1. The van der Waals surface area contributed by atoms with Crippen LogP contribution in [0.5, 0.6) is 0 Å². The highest BCUT2D eigenvalue weighted by molar-refractivity contribution is 5.95. The maximum Gasteiger partial charge on any atom is 0.326 e. The Labute approximate surface area is 271 Å². The molecule has 4 amide bonds. The van der Waals surface area contributed by atoms with Gasteiger partial charge in [-0.1, -0.05) is 36.4 Å². The number of carbonyl (C=O) groups is 5. The van der Waals surface area contributed by atoms with Gasteiger partial charge in [0.2, 0.25) is 23.6 Å². The van der Waals surface area contributed by atoms with Gasteiger partial charge in [0.05, 0.1) is 6.04 Å². The van der Waals surface area contributed by atoms with E-state index in [4.69, 9.17) is 17.2 Å². The number of nitrogens with two attached hydrogens (primary N) is 3. The van der Waals surface area contributed by atoms with Crippen LogP contribution < -0.4 is 33.2 Å². The Morgan fingerprint density at radius 3 is 1.68 bits per heavy atom. The Hall–Kier alpha value is -5.21. The fraction of sp³-hybridized carbons (Fsp3) is 0.364. The fourth-order valence-electron chi connectivity index (χ4n) is 5.46. The molecular formula is C33H42N8O6. The molecule has 0 aliphatic carbocycles. The molecule has 14 heteroatoms. The largest absolute Gasteiger partial charge is 0.480 e. The molecule has 0 bridgehead atoms. The number of hydrogen-bond donors (Lipinski definition) is 9. The van der Waals surface area contributed by atoms with Crippen molar-refractivity contribution in [2.45, 2.75) is 69.1 Å². The number of carboxylic acids is 1. The molecule has 0 saturated heterocycles. The summed E-state index contributed by atoms with van der Waals surface area (Å²) in [5, 5.41) is 19.5. The summed E-state index contributed by atoms with van der Waals surface area (Å²) in [7, 11) is 0. The first-order valence-corrected chi connectivity index (χ1v) is 15.5. The van der Waals surface area contributed by atoms with Gasteiger partial charge in [-0.15, -0.1) is 0 Å². The van der Waals surface area contributed by atoms with E-state index >= 15 is 0 Å². The summed E-state index contributed by atoms with van der Waals surface area (Å²) in [5.74, 6) is -3.87. The van der Waals surface area contributed by atoms with Gasteiger partial charge >= 0.3 is 5.97 Å². The van der Waals surface area contributed by atoms with Crippen LogP contribution in [0, 0.1) is 0 Å². The number of nitrogens with one attached hydrogen (secondary N) is 5. The molecule has 250 valence electrons. The number of amides is 4. The SMILES string of the molecule is NCCCCC(NC(=O)C(Cc1c[nH]c2ccccc12)NC(=O)C(Cc1c[nH]c2ccccc12)NC(=O)C(N)CCC(N)=O)C(=O)O. The minimum absolute atomic E-state index is 0.0189. The molecule has 0 radical (unpaired) electrons. The molecule has 0 aliphatic rings. The number of carbonyl (C=O) groups excluding carboxylic acids is 4. The third-order valence-electron chi connectivity index (χ3n) is 8.06. The Balaban J connectivity index is 1.62. The van der Waals surface area contributed by atoms with Crippen molar-refractivity contribution in [2.75, 3.05) is 6.54 Å². The van der Waals surface area contributed by atoms with Crippen molar-refractivity contribution in [1.29, 1.82) is 0 Å². The quantitative estimate of drug-likeness (QED) is 0.0694. The standard InChI is InChI=1S/C33H42N8O6/c34-14-6-5-11-26(33(46)47)39-31(44)28(16-20-18-38-25-10-4-2-8-22(20)25)41-32(45)27(40-30(43)23(35)12-13-29(36)42)15-19-17-37-24-9-3-1-7-21(19)24/h1-4,7-10,17-18,23,26-28,37-38H,5-6,11-16,34-35H2,(H2,36,42)(H,39,44)(H,40,43)(H,41,45)(H,46,47). The first-order chi connectivity index (χ1) is 22.6. The maximum absolute atomic E-state index is 14.0. The number of aromatic amines is 2. The second-order valence-corrected chi connectivity index (χ2v) is 11.5. The second-order valence-electron chi connectivity index (χ2n) is 11.5. The van der Waals surface area contributed by atoms with E-state index in [9.17, 15) is 29.1 Å². The number of aliphatic carboxylic acids is 1. The molecule has 4 aromatic rings. The monoisotopic (exact) mass is 646 g/mol. The van der Waals surface area contributed by atoms with Crippen LogP contribution in [0.1, 0.15) is 43.2 Å². The summed E-state index contributed by atoms with van der Waals surface area (Å²) in [6.45, 7) is 0.384. The van der Waals surface area contributed by atoms with Gasteiger partial charge in [-0.2, -0.15) is 0 Å². The average molecular weight is 647 g/mol. The lowest BCUT2D eigenvalue weighted by Crippen LogP contribution is -2.58. The van der Waals surface area contributed by atoms with E-state index in [1.54, 1.807) is 12.4 Å². The number of unbranched alkanes of at least 4 members (excludes halogenated alkanes) is 1. The topological polar surface area (TPSA) is 251 Å². The molecule has 4 rings (SSSR count). The summed E-state index contributed by atoms with van der Waals surface area (Å²) >= 11 is 0. The normalized spacial score (nSPS) is 13.8. The number of benzene rings is 2. The van der Waals surface area contributed by atoms with Crippen LogP contribution in [-0.4, -0.2) is 75.4 Å². The minimum Gasteiger partial charge on any atom is -0.480 e. The van der Waals surface area contributed by atoms with Crippen LogP contribution in [-0.2, 0) is 36.8 Å². The molecule has 0 fully saturated rings. The molecule has 0 saturated carbocycles. The summed E-state index contributed by atoms with van der Waals surface area (Å²) in [4.78, 5) is 70.4. The molecule has 0 aliphatic heterocycles. The first kappa shape index (κ1) is 34.7. The number of para-hydroxylation sites is 2. The van der Waals surface area contributed by atoms with Gasteiger partial charge in [0, 0.05) is 53.5 Å². The maximum atomic E-state index is 14.0. The van der Waals surface area contributed by atoms with E-state index in [1.165, 1.54) is 0 Å². The van der Waals surface area contributed by atoms with Gasteiger partial charge in [-0.3, -0.25) is 19.2 Å². The van der Waals surface area contributed by atoms with E-state index in [0.29, 0.717) is 19.4 Å². The molecule has 47 heavy (non-hydrogen) atoms. The van der Waals surface area contributed by atoms with Crippen molar-refractivity contribution < 1.29 is 29.1 Å². The lowest BCUT2D eigenvalue weighted by Gasteiger charge is -2.25. The number of fused-ring (bicyclic) bond motifs is 2. The Morgan fingerprint density at radius 2 is 1.19 bits per heavy atom. The Kier molecular flexibility index (Phi) is 12.1. The number of hydrogen-bond acceptors (Lipinski definition) is 7. The molecular weight excluding hydrogens is 604 g/mol. The number of rotatable bonds is 18. The predicted molar refractivity (Wildman–Crippen MR) is 177 cm³/mol. The second kappa shape index (κ2) is 16.4. The zero-order valence-electron chi connectivity index (χ0n) is 26.0. The molecule has 0 spiro atoms. The van der Waals surface area contributed by atoms with Gasteiger partial charge in [-0.05, 0) is 55.5 Å². The third-order valence-corrected chi connectivity index (χ3v) is 8.06. The van der Waals surface area contributed by atoms with Crippen molar-refractivity contribution in [3.05, 3.63) is 72.1 Å². The number of primary amides is 1. The zero-order valence-corrected chi connectivity index (χ0v) is 26.0. The van der Waals surface area contributed by atoms with Crippen LogP contribution >= 0.6 is 0 Å². The number of aromatic nitrogens is 2. The third kappa shape index (κ3) is 9.40. The van der Waals surface area contributed by atoms with Crippen LogP contribution in [0.25, 0.3) is 21.8 Å². The van der Waals surface area contributed by atoms with Crippen LogP contribution in [0.2, 0.25) is 0 Å². The molecule has 12 N–H and O–H groups in total. The van der Waals surface area contributed by atoms with Gasteiger partial charge in [0.15, 0.2) is 0 Å². The van der Waals surface area contributed by atoms with Crippen LogP contribution in [0.15, 0.2) is 60.9 Å². The average Bonchev–Trinajstić information content (AvgIpc) is 3.66. The molecule has 4 atom stereocenters. The summed E-state index contributed by atoms with van der Waals surface area (Å²) in [5.41, 5.74) is 19.9. The van der Waals surface area contributed by atoms with E-state index in [2.05, 4.69) is 25.9 Å². The highest BCUT2D eigenvalue weighted by atomic mass is 16.4. The van der Waals surface area contributed by atoms with Crippen molar-refractivity contribution in [3.63, 3.8) is 0 Å². The van der Waals surface area contributed by atoms with Crippen LogP contribution in [0.4, 0.5) is 0 Å². The van der Waals surface area contributed by atoms with Crippen LogP contribution in [0.3, 0.4) is 0 Å². The minimum atomic E-state index is -1.21. The van der Waals surface area contributed by atoms with E-state index < -0.39 is 53.8 Å². The fourth-order valence-corrected chi connectivity index (χ4v) is 5.46. The molecule has 2 heterocycles. The molecule has 4 unspecified atom stereocenters. The highest BCUT2D eigenvalue weighted by Gasteiger charge is 2.31. The molecule has 2 aromatic carbocycles. The van der Waals surface area contributed by atoms with Gasteiger partial charge in [0.25, 0.3) is 0 Å².